The van der Waals surface area contributed by atoms with E-state index in [0.29, 0.717) is 80.5 Å². The zero-order valence-electron chi connectivity index (χ0n) is 31.6. The summed E-state index contributed by atoms with van der Waals surface area (Å²) in [6.07, 6.45) is 0.581. The summed E-state index contributed by atoms with van der Waals surface area (Å²) in [5.41, 5.74) is 2.88. The molecule has 6 rings (SSSR count). The Morgan fingerprint density at radius 3 is 1.34 bits per heavy atom. The molecule has 20 heteroatoms. The summed E-state index contributed by atoms with van der Waals surface area (Å²) < 4.78 is 4.64. The van der Waals surface area contributed by atoms with Crippen LogP contribution in [-0.4, -0.2) is 136 Å². The third kappa shape index (κ3) is 13.9. The normalized spacial score (nSPS) is 13.7. The summed E-state index contributed by atoms with van der Waals surface area (Å²) in [5, 5.41) is 30.5. The molecule has 4 N–H and O–H groups in total. The lowest BCUT2D eigenvalue weighted by atomic mass is 10.1. The van der Waals surface area contributed by atoms with Gasteiger partial charge in [-0.15, -0.1) is 20.4 Å². The van der Waals surface area contributed by atoms with Gasteiger partial charge < -0.3 is 45.6 Å². The number of aliphatic hydroxyl groups excluding tert-OH is 1. The maximum absolute atomic E-state index is 12.6. The number of hydrogen-bond acceptors (Lipinski definition) is 14. The monoisotopic (exact) mass is 837 g/mol. The van der Waals surface area contributed by atoms with Gasteiger partial charge in [0.05, 0.1) is 12.8 Å². The van der Waals surface area contributed by atoms with E-state index in [4.69, 9.17) is 28.3 Å². The molecule has 2 aliphatic heterocycles. The number of carbonyl (C=O) groups is 5. The van der Waals surface area contributed by atoms with E-state index in [-0.39, 0.29) is 30.3 Å². The van der Waals surface area contributed by atoms with Crippen LogP contribution >= 0.6 is 23.2 Å². The number of halogens is 2. The number of nitrogens with zero attached hydrogens (tertiary/aromatic N) is 8. The summed E-state index contributed by atoms with van der Waals surface area (Å²) in [4.78, 5) is 66.5. The second-order valence-corrected chi connectivity index (χ2v) is 13.7. The van der Waals surface area contributed by atoms with Crippen LogP contribution in [0.25, 0.3) is 0 Å². The fourth-order valence-electron chi connectivity index (χ4n) is 5.87. The Labute approximate surface area is 344 Å². The lowest BCUT2D eigenvalue weighted by molar-refractivity contribution is -0.145. The molecule has 0 aliphatic carbocycles. The molecule has 4 aromatic rings. The van der Waals surface area contributed by atoms with E-state index in [9.17, 15) is 24.0 Å². The van der Waals surface area contributed by atoms with Gasteiger partial charge in [0.1, 0.15) is 6.61 Å². The number of ether oxygens (including phenoxy) is 1. The topological polar surface area (TPSA) is 233 Å². The van der Waals surface area contributed by atoms with Crippen molar-refractivity contribution in [3.05, 3.63) is 94.2 Å². The van der Waals surface area contributed by atoms with Gasteiger partial charge in [0.2, 0.25) is 17.7 Å². The van der Waals surface area contributed by atoms with Crippen molar-refractivity contribution < 1.29 is 39.3 Å². The Morgan fingerprint density at radius 2 is 1.00 bits per heavy atom. The third-order valence-corrected chi connectivity index (χ3v) is 9.29. The number of aromatic nitrogens is 4. The van der Waals surface area contributed by atoms with Crippen molar-refractivity contribution in [3.8, 4) is 0 Å². The third-order valence-electron chi connectivity index (χ3n) is 8.88. The van der Waals surface area contributed by atoms with Gasteiger partial charge in [-0.25, -0.2) is 0 Å². The molecule has 0 spiro atoms. The van der Waals surface area contributed by atoms with E-state index >= 15 is 0 Å². The van der Waals surface area contributed by atoms with Crippen molar-refractivity contribution in [3.63, 3.8) is 0 Å². The van der Waals surface area contributed by atoms with Gasteiger partial charge >= 0.3 is 5.97 Å². The average molecular weight is 839 g/mol. The molecule has 2 aromatic carbocycles. The van der Waals surface area contributed by atoms with E-state index in [0.717, 1.165) is 22.8 Å². The SMILES string of the molecule is CC(=O)OCC(=O)Nc1ccc(CC(=O)N2CCN(c3ccc(Cl)nn3)CC2)cc1.O=C(CO)Nc1ccc(CC(=O)N2CCN(c3ccc(Cl)nn3)CC2)cc1.[OH-]. The molecule has 2 fully saturated rings. The predicted octanol–water partition coefficient (Wildman–Crippen LogP) is 2.30. The Bertz CT molecular complexity index is 1980. The smallest absolute Gasteiger partial charge is 0.303 e. The summed E-state index contributed by atoms with van der Waals surface area (Å²) in [5.74, 6) is 0.206. The first kappa shape index (κ1) is 44.8. The number of benzene rings is 2. The highest BCUT2D eigenvalue weighted by atomic mass is 35.5. The zero-order chi connectivity index (χ0) is 40.7. The van der Waals surface area contributed by atoms with Crippen molar-refractivity contribution in [2.75, 3.05) is 86.0 Å². The minimum Gasteiger partial charge on any atom is -0.870 e. The molecule has 0 atom stereocenters. The van der Waals surface area contributed by atoms with Crippen LogP contribution in [0.1, 0.15) is 18.1 Å². The van der Waals surface area contributed by atoms with Crippen LogP contribution in [0.3, 0.4) is 0 Å². The van der Waals surface area contributed by atoms with E-state index < -0.39 is 24.4 Å². The maximum Gasteiger partial charge on any atom is 0.303 e. The molecule has 0 radical (unpaired) electrons. The van der Waals surface area contributed by atoms with Gasteiger partial charge in [-0.05, 0) is 59.7 Å². The van der Waals surface area contributed by atoms with Crippen molar-refractivity contribution in [2.45, 2.75) is 19.8 Å². The van der Waals surface area contributed by atoms with Crippen LogP contribution < -0.4 is 20.4 Å². The lowest BCUT2D eigenvalue weighted by Crippen LogP contribution is -2.49. The second kappa shape index (κ2) is 22.1. The molecule has 18 nitrogen and oxygen atoms in total. The van der Waals surface area contributed by atoms with Crippen molar-refractivity contribution in [1.82, 2.24) is 30.2 Å². The number of anilines is 4. The number of rotatable bonds is 11. The Balaban J connectivity index is 0.000000254. The van der Waals surface area contributed by atoms with E-state index in [1.807, 2.05) is 21.9 Å². The molecule has 308 valence electrons. The quantitative estimate of drug-likeness (QED) is 0.184. The predicted molar refractivity (Wildman–Crippen MR) is 215 cm³/mol. The summed E-state index contributed by atoms with van der Waals surface area (Å²) >= 11 is 11.5. The molecule has 0 saturated carbocycles. The van der Waals surface area contributed by atoms with Crippen molar-refractivity contribution in [2.24, 2.45) is 0 Å². The van der Waals surface area contributed by atoms with Crippen LogP contribution in [0.15, 0.2) is 72.8 Å². The van der Waals surface area contributed by atoms with Gasteiger partial charge in [0, 0.05) is 70.7 Å². The summed E-state index contributed by atoms with van der Waals surface area (Å²) in [6, 6.07) is 21.1. The van der Waals surface area contributed by atoms with E-state index in [1.165, 1.54) is 6.92 Å². The Hall–Kier alpha value is -5.95. The Morgan fingerprint density at radius 1 is 0.603 bits per heavy atom. The van der Waals surface area contributed by atoms with Crippen LogP contribution in [0.5, 0.6) is 0 Å². The molecular formula is C38H43Cl2N10O8-. The molecule has 2 saturated heterocycles. The molecule has 4 heterocycles. The number of carbonyl (C=O) groups excluding carboxylic acids is 5. The molecule has 0 unspecified atom stereocenters. The average Bonchev–Trinajstić information content (AvgIpc) is 3.22. The van der Waals surface area contributed by atoms with Crippen molar-refractivity contribution >= 4 is 75.8 Å². The number of piperazine rings is 2. The van der Waals surface area contributed by atoms with Crippen LogP contribution in [-0.2, 0) is 41.6 Å². The van der Waals surface area contributed by atoms with Crippen molar-refractivity contribution in [1.29, 1.82) is 0 Å². The van der Waals surface area contributed by atoms with Gasteiger partial charge in [0.15, 0.2) is 28.5 Å². The van der Waals surface area contributed by atoms with E-state index in [1.54, 1.807) is 60.7 Å². The first-order valence-electron chi connectivity index (χ1n) is 18.0. The first-order chi connectivity index (χ1) is 27.4. The molecule has 2 aliphatic rings. The molecule has 0 bridgehead atoms. The van der Waals surface area contributed by atoms with Crippen LogP contribution in [0, 0.1) is 0 Å². The number of aliphatic hydroxyl groups is 1. The highest BCUT2D eigenvalue weighted by Gasteiger charge is 2.24. The molecule has 4 amide bonds. The zero-order valence-corrected chi connectivity index (χ0v) is 33.1. The number of nitrogens with one attached hydrogen (secondary N) is 2. The number of hydrogen-bond donors (Lipinski definition) is 3. The van der Waals surface area contributed by atoms with Crippen LogP contribution in [0.4, 0.5) is 23.0 Å². The standard InChI is InChI=1S/C20H22ClN5O4.C18H20ClN5O3.H2O/c1-14(27)30-13-19(28)22-16-4-2-15(3-5-16)12-20(29)26-10-8-25(9-11-26)18-7-6-17(21)23-24-18;19-15-5-6-16(22-21-15)23-7-9-24(10-8-23)18(27)11-13-1-3-14(4-2-13)20-17(26)12-25;/h2-7H,8-13H2,1H3,(H,22,28);1-6,25H,7-12H2,(H,20,26);1H2/p-1. The lowest BCUT2D eigenvalue weighted by Gasteiger charge is -2.35. The molecule has 2 aromatic heterocycles. The first-order valence-corrected chi connectivity index (χ1v) is 18.8. The Kier molecular flexibility index (Phi) is 17.1. The molecular weight excluding hydrogens is 795 g/mol. The van der Waals surface area contributed by atoms with E-state index in [2.05, 4.69) is 45.6 Å². The maximum atomic E-state index is 12.6. The number of esters is 1. The summed E-state index contributed by atoms with van der Waals surface area (Å²) in [6.45, 7) is 5.52. The molecule has 58 heavy (non-hydrogen) atoms. The van der Waals surface area contributed by atoms with Gasteiger partial charge in [-0.1, -0.05) is 47.5 Å². The largest absolute Gasteiger partial charge is 0.870 e. The highest BCUT2D eigenvalue weighted by Crippen LogP contribution is 2.18. The minimum atomic E-state index is -0.562. The van der Waals surface area contributed by atoms with Gasteiger partial charge in [-0.2, -0.15) is 0 Å². The van der Waals surface area contributed by atoms with Crippen LogP contribution in [0.2, 0.25) is 10.3 Å². The minimum absolute atomic E-state index is 0. The number of amides is 4. The van der Waals surface area contributed by atoms with Gasteiger partial charge in [-0.3, -0.25) is 24.0 Å². The fourth-order valence-corrected chi connectivity index (χ4v) is 6.08. The second-order valence-electron chi connectivity index (χ2n) is 12.9. The summed E-state index contributed by atoms with van der Waals surface area (Å²) in [7, 11) is 0. The highest BCUT2D eigenvalue weighted by molar-refractivity contribution is 6.29. The van der Waals surface area contributed by atoms with Gasteiger partial charge in [0.25, 0.3) is 5.91 Å². The fraction of sp³-hybridized carbons (Fsp3) is 0.342.